The number of allylic oxidation sites excluding steroid dienone is 1. The molecular weight excluding hydrogens is 516 g/mol. The van der Waals surface area contributed by atoms with E-state index in [1.165, 1.54) is 31.7 Å². The molecule has 0 radical (unpaired) electrons. The molecule has 2 saturated carbocycles. The van der Waals surface area contributed by atoms with E-state index in [-0.39, 0.29) is 18.1 Å². The van der Waals surface area contributed by atoms with Gasteiger partial charge in [0.25, 0.3) is 0 Å². The first-order valence-electron chi connectivity index (χ1n) is 12.9. The molecule has 2 aliphatic carbocycles. The Labute approximate surface area is 216 Å². The first-order valence-corrected chi connectivity index (χ1v) is 12.9. The van der Waals surface area contributed by atoms with Gasteiger partial charge in [0.1, 0.15) is 23.2 Å². The fourth-order valence-electron chi connectivity index (χ4n) is 5.86. The Kier molecular flexibility index (Phi) is 8.43. The van der Waals surface area contributed by atoms with Crippen LogP contribution in [0.1, 0.15) is 80.9 Å². The number of hydrogen-bond donors (Lipinski definition) is 0. The third-order valence-corrected chi connectivity index (χ3v) is 8.01. The summed E-state index contributed by atoms with van der Waals surface area (Å²) < 4.78 is 114. The predicted molar refractivity (Wildman–Crippen MR) is 128 cm³/mol. The Morgan fingerprint density at radius 1 is 0.737 bits per heavy atom. The highest BCUT2D eigenvalue weighted by Crippen LogP contribution is 2.44. The highest BCUT2D eigenvalue weighted by molar-refractivity contribution is 5.53. The van der Waals surface area contributed by atoms with Gasteiger partial charge in [0, 0.05) is 23.8 Å². The van der Waals surface area contributed by atoms with Crippen LogP contribution in [0.2, 0.25) is 0 Å². The van der Waals surface area contributed by atoms with E-state index in [0.29, 0.717) is 23.6 Å². The minimum absolute atomic E-state index is 0.0624. The van der Waals surface area contributed by atoms with Crippen molar-refractivity contribution in [1.82, 2.24) is 0 Å². The molecule has 4 rings (SSSR count). The van der Waals surface area contributed by atoms with Gasteiger partial charge in [0.05, 0.1) is 5.56 Å². The van der Waals surface area contributed by atoms with Crippen LogP contribution in [-0.2, 0) is 6.11 Å². The topological polar surface area (TPSA) is 9.23 Å². The Bertz CT molecular complexity index is 1120. The van der Waals surface area contributed by atoms with Crippen molar-refractivity contribution in [2.45, 2.75) is 76.5 Å². The van der Waals surface area contributed by atoms with Crippen LogP contribution in [0.4, 0.5) is 35.1 Å². The second kappa shape index (κ2) is 11.3. The van der Waals surface area contributed by atoms with Gasteiger partial charge in [-0.3, -0.25) is 0 Å². The molecular formula is C29H30F8O. The lowest BCUT2D eigenvalue weighted by atomic mass is 9.68. The number of halogens is 8. The molecule has 2 aromatic carbocycles. The number of hydrogen-bond acceptors (Lipinski definition) is 1. The smallest absolute Gasteiger partial charge is 0.429 e. The number of rotatable bonds is 6. The van der Waals surface area contributed by atoms with Crippen LogP contribution in [0.3, 0.4) is 0 Å². The number of ether oxygens (including phenoxy) is 1. The fourth-order valence-corrected chi connectivity index (χ4v) is 5.86. The van der Waals surface area contributed by atoms with Gasteiger partial charge in [-0.25, -0.2) is 13.2 Å². The van der Waals surface area contributed by atoms with Gasteiger partial charge in [-0.2, -0.15) is 22.0 Å². The van der Waals surface area contributed by atoms with Crippen molar-refractivity contribution in [3.8, 4) is 5.75 Å². The molecule has 0 N–H and O–H groups in total. The van der Waals surface area contributed by atoms with E-state index in [0.717, 1.165) is 49.7 Å². The number of alkyl halides is 5. The van der Waals surface area contributed by atoms with Crippen molar-refractivity contribution in [3.63, 3.8) is 0 Å². The van der Waals surface area contributed by atoms with Crippen LogP contribution in [0, 0.1) is 35.2 Å². The largest absolute Gasteiger partial charge is 0.429 e. The van der Waals surface area contributed by atoms with Crippen molar-refractivity contribution >= 4 is 6.08 Å². The average Bonchev–Trinajstić information content (AvgIpc) is 2.83. The molecule has 0 spiro atoms. The normalized spacial score (nSPS) is 25.1. The van der Waals surface area contributed by atoms with Gasteiger partial charge in [-0.15, -0.1) is 0 Å². The molecule has 2 aromatic rings. The quantitative estimate of drug-likeness (QED) is 0.328. The summed E-state index contributed by atoms with van der Waals surface area (Å²) in [5.41, 5.74) is -1.55. The summed E-state index contributed by atoms with van der Waals surface area (Å²) in [4.78, 5) is 0. The molecule has 0 atom stereocenters. The van der Waals surface area contributed by atoms with Crippen molar-refractivity contribution in [2.75, 3.05) is 0 Å². The zero-order valence-electron chi connectivity index (χ0n) is 20.9. The zero-order valence-corrected chi connectivity index (χ0v) is 20.9. The monoisotopic (exact) mass is 546 g/mol. The van der Waals surface area contributed by atoms with Crippen LogP contribution >= 0.6 is 0 Å². The summed E-state index contributed by atoms with van der Waals surface area (Å²) in [6.07, 6.45) is -0.568. The van der Waals surface area contributed by atoms with Gasteiger partial charge in [0.15, 0.2) is 0 Å². The maximum absolute atomic E-state index is 14.8. The number of benzene rings is 2. The third kappa shape index (κ3) is 6.89. The van der Waals surface area contributed by atoms with Gasteiger partial charge in [0.2, 0.25) is 0 Å². The first kappa shape index (κ1) is 28.4. The second-order valence-corrected chi connectivity index (χ2v) is 10.7. The SMILES string of the molecule is CC1CCC(C2CCC(c3ccc(C(F)(F)Oc4cc(F)c(/C=C/C(F)(F)F)c(F)c4)c(F)c3)CC2)CC1. The zero-order chi connectivity index (χ0) is 27.7. The summed E-state index contributed by atoms with van der Waals surface area (Å²) in [5.74, 6) is -3.05. The summed E-state index contributed by atoms with van der Waals surface area (Å²) >= 11 is 0. The molecule has 0 aromatic heterocycles. The van der Waals surface area contributed by atoms with E-state index in [1.807, 2.05) is 0 Å². The Hall–Kier alpha value is -2.58. The molecule has 38 heavy (non-hydrogen) atoms. The minimum Gasteiger partial charge on any atom is -0.429 e. The van der Waals surface area contributed by atoms with Gasteiger partial charge >= 0.3 is 12.3 Å². The summed E-state index contributed by atoms with van der Waals surface area (Å²) in [6, 6.07) is 4.04. The van der Waals surface area contributed by atoms with Crippen molar-refractivity contribution in [1.29, 1.82) is 0 Å². The molecule has 208 valence electrons. The average molecular weight is 547 g/mol. The standard InChI is InChI=1S/C29H30F8O/c1-17-2-4-18(5-3-17)19-6-8-20(9-7-19)21-10-11-24(27(32)14-21)29(36,37)38-22-15-25(30)23(26(31)16-22)12-13-28(33,34)35/h10-20H,2-9H2,1H3/b13-12+. The van der Waals surface area contributed by atoms with Crippen LogP contribution in [-0.4, -0.2) is 6.18 Å². The van der Waals surface area contributed by atoms with Crippen LogP contribution in [0.25, 0.3) is 6.08 Å². The summed E-state index contributed by atoms with van der Waals surface area (Å²) in [6.45, 7) is 2.28. The first-order chi connectivity index (χ1) is 17.8. The van der Waals surface area contributed by atoms with Gasteiger partial charge in [-0.05, 0) is 86.0 Å². The predicted octanol–water partition coefficient (Wildman–Crippen LogP) is 9.91. The maximum atomic E-state index is 14.8. The van der Waals surface area contributed by atoms with E-state index >= 15 is 0 Å². The van der Waals surface area contributed by atoms with Gasteiger partial charge in [-0.1, -0.05) is 25.8 Å². The van der Waals surface area contributed by atoms with E-state index in [1.54, 1.807) is 0 Å². The van der Waals surface area contributed by atoms with Crippen molar-refractivity contribution in [3.05, 3.63) is 70.5 Å². The lowest BCUT2D eigenvalue weighted by molar-refractivity contribution is -0.187. The molecule has 1 nitrogen and oxygen atoms in total. The lowest BCUT2D eigenvalue weighted by Crippen LogP contribution is -2.25. The lowest BCUT2D eigenvalue weighted by Gasteiger charge is -2.37. The van der Waals surface area contributed by atoms with Crippen molar-refractivity contribution < 1.29 is 39.9 Å². The van der Waals surface area contributed by atoms with Crippen molar-refractivity contribution in [2.24, 2.45) is 17.8 Å². The van der Waals surface area contributed by atoms with E-state index in [9.17, 15) is 35.1 Å². The molecule has 0 saturated heterocycles. The molecule has 9 heteroatoms. The molecule has 2 aliphatic rings. The molecule has 0 aliphatic heterocycles. The molecule has 0 bridgehead atoms. The van der Waals surface area contributed by atoms with Crippen LogP contribution < -0.4 is 4.74 Å². The Balaban J connectivity index is 1.42. The highest BCUT2D eigenvalue weighted by atomic mass is 19.4. The summed E-state index contributed by atoms with van der Waals surface area (Å²) in [7, 11) is 0. The third-order valence-electron chi connectivity index (χ3n) is 8.01. The molecule has 0 heterocycles. The fraction of sp³-hybridized carbons (Fsp3) is 0.517. The van der Waals surface area contributed by atoms with Gasteiger partial charge < -0.3 is 4.74 Å². The van der Waals surface area contributed by atoms with Crippen LogP contribution in [0.5, 0.6) is 5.75 Å². The second-order valence-electron chi connectivity index (χ2n) is 10.7. The Morgan fingerprint density at radius 2 is 1.29 bits per heavy atom. The Morgan fingerprint density at radius 3 is 1.82 bits per heavy atom. The molecule has 0 unspecified atom stereocenters. The van der Waals surface area contributed by atoms with E-state index < -0.39 is 46.6 Å². The summed E-state index contributed by atoms with van der Waals surface area (Å²) in [5, 5.41) is 0. The van der Waals surface area contributed by atoms with Crippen LogP contribution in [0.15, 0.2) is 36.4 Å². The van der Waals surface area contributed by atoms with E-state index in [4.69, 9.17) is 0 Å². The maximum Gasteiger partial charge on any atom is 0.429 e. The molecule has 2 fully saturated rings. The minimum atomic E-state index is -4.82. The van der Waals surface area contributed by atoms with E-state index in [2.05, 4.69) is 11.7 Å². The highest BCUT2D eigenvalue weighted by Gasteiger charge is 2.39. The molecule has 0 amide bonds.